The van der Waals surface area contributed by atoms with Gasteiger partial charge in [0.15, 0.2) is 11.9 Å². The number of nitrogens with zero attached hydrogens (tertiary/aromatic N) is 4. The molecule has 5 aromatic rings. The van der Waals surface area contributed by atoms with Crippen LogP contribution in [0.1, 0.15) is 12.5 Å². The molecule has 3 aromatic carbocycles. The molecule has 0 aliphatic rings. The monoisotopic (exact) mass is 590 g/mol. The van der Waals surface area contributed by atoms with Crippen molar-refractivity contribution in [2.24, 2.45) is 5.10 Å². The Balaban J connectivity index is 1.68. The number of non-ortho nitro benzene ring substituents is 1. The van der Waals surface area contributed by atoms with Crippen molar-refractivity contribution in [3.05, 3.63) is 97.2 Å². The number of hydrogen-bond acceptors (Lipinski definition) is 9. The van der Waals surface area contributed by atoms with Crippen LogP contribution >= 0.6 is 15.9 Å². The molecule has 11 nitrogen and oxygen atoms in total. The summed E-state index contributed by atoms with van der Waals surface area (Å²) in [6, 6.07) is 17.8. The third-order valence-corrected chi connectivity index (χ3v) is 6.30. The summed E-state index contributed by atoms with van der Waals surface area (Å²) in [5, 5.41) is 16.9. The largest absolute Gasteiger partial charge is 0.478 e. The standard InChI is InChI=1S/C27H19BrN4O7/c1-15(27(34)37-2)38-23-10-8-19(32(35)36)12-17(23)14-29-31-25(30-21-6-4-3-5-20(21)26(31)33)24-13-16-11-18(28)7-9-22(16)39-24/h3-15H,1-2H3/t15-/m0/s1. The van der Waals surface area contributed by atoms with Gasteiger partial charge in [-0.15, -0.1) is 0 Å². The molecule has 0 aliphatic heterocycles. The first-order chi connectivity index (χ1) is 18.7. The summed E-state index contributed by atoms with van der Waals surface area (Å²) >= 11 is 3.44. The second kappa shape index (κ2) is 10.5. The van der Waals surface area contributed by atoms with E-state index < -0.39 is 22.6 Å². The Bertz CT molecular complexity index is 1840. The Labute approximate surface area is 228 Å². The Hall–Kier alpha value is -4.84. The molecule has 0 saturated heterocycles. The van der Waals surface area contributed by atoms with Crippen LogP contribution in [0.3, 0.4) is 0 Å². The minimum atomic E-state index is -1.00. The predicted octanol–water partition coefficient (Wildman–Crippen LogP) is 5.30. The van der Waals surface area contributed by atoms with Crippen LogP contribution < -0.4 is 10.3 Å². The van der Waals surface area contributed by atoms with Crippen LogP contribution in [-0.4, -0.2) is 40.0 Å². The molecule has 0 unspecified atom stereocenters. The van der Waals surface area contributed by atoms with Gasteiger partial charge in [-0.25, -0.2) is 9.78 Å². The Kier molecular flexibility index (Phi) is 6.94. The van der Waals surface area contributed by atoms with E-state index in [4.69, 9.17) is 13.9 Å². The number of nitro benzene ring substituents is 1. The molecule has 0 amide bonds. The molecular formula is C27H19BrN4O7. The van der Waals surface area contributed by atoms with E-state index in [0.717, 1.165) is 14.5 Å². The Morgan fingerprint density at radius 1 is 1.18 bits per heavy atom. The molecule has 0 N–H and O–H groups in total. The van der Waals surface area contributed by atoms with Crippen LogP contribution in [-0.2, 0) is 9.53 Å². The lowest BCUT2D eigenvalue weighted by molar-refractivity contribution is -0.384. The third-order valence-electron chi connectivity index (χ3n) is 5.81. The van der Waals surface area contributed by atoms with Crippen LogP contribution in [0.5, 0.6) is 5.75 Å². The van der Waals surface area contributed by atoms with Crippen LogP contribution in [0.4, 0.5) is 5.69 Å². The number of rotatable bonds is 7. The van der Waals surface area contributed by atoms with Gasteiger partial charge in [0, 0.05) is 27.6 Å². The van der Waals surface area contributed by atoms with Crippen molar-refractivity contribution >= 4 is 55.7 Å². The highest BCUT2D eigenvalue weighted by Gasteiger charge is 2.20. The van der Waals surface area contributed by atoms with Gasteiger partial charge in [0.2, 0.25) is 5.82 Å². The molecule has 1 atom stereocenters. The molecule has 39 heavy (non-hydrogen) atoms. The van der Waals surface area contributed by atoms with Gasteiger partial charge in [-0.3, -0.25) is 14.9 Å². The minimum absolute atomic E-state index is 0.123. The number of benzene rings is 3. The van der Waals surface area contributed by atoms with Crippen LogP contribution in [0.25, 0.3) is 33.5 Å². The number of hydrogen-bond donors (Lipinski definition) is 0. The van der Waals surface area contributed by atoms with Crippen LogP contribution in [0.2, 0.25) is 0 Å². The molecule has 5 rings (SSSR count). The lowest BCUT2D eigenvalue weighted by atomic mass is 10.2. The Morgan fingerprint density at radius 3 is 2.74 bits per heavy atom. The van der Waals surface area contributed by atoms with E-state index in [1.165, 1.54) is 38.4 Å². The molecule has 0 saturated carbocycles. The average Bonchev–Trinajstić information content (AvgIpc) is 3.35. The normalized spacial score (nSPS) is 12.2. The van der Waals surface area contributed by atoms with Gasteiger partial charge < -0.3 is 13.9 Å². The minimum Gasteiger partial charge on any atom is -0.478 e. The third kappa shape index (κ3) is 5.14. The van der Waals surface area contributed by atoms with Crippen LogP contribution in [0, 0.1) is 10.1 Å². The van der Waals surface area contributed by atoms with E-state index >= 15 is 0 Å². The summed E-state index contributed by atoms with van der Waals surface area (Å²) in [4.78, 5) is 40.9. The van der Waals surface area contributed by atoms with Crippen molar-refractivity contribution in [2.45, 2.75) is 13.0 Å². The van der Waals surface area contributed by atoms with Gasteiger partial charge in [0.1, 0.15) is 11.3 Å². The fourth-order valence-electron chi connectivity index (χ4n) is 3.90. The zero-order chi connectivity index (χ0) is 27.7. The molecule has 2 heterocycles. The van der Waals surface area contributed by atoms with E-state index in [0.29, 0.717) is 16.5 Å². The lowest BCUT2D eigenvalue weighted by Crippen LogP contribution is -2.25. The van der Waals surface area contributed by atoms with Crippen LogP contribution in [0.15, 0.2) is 85.5 Å². The number of aromatic nitrogens is 2. The summed E-state index contributed by atoms with van der Waals surface area (Å²) in [5.74, 6) is -0.0970. The maximum Gasteiger partial charge on any atom is 0.346 e. The van der Waals surface area contributed by atoms with Crippen molar-refractivity contribution < 1.29 is 23.6 Å². The van der Waals surface area contributed by atoms with Gasteiger partial charge in [0.05, 0.1) is 29.2 Å². The number of methoxy groups -OCH3 is 1. The lowest BCUT2D eigenvalue weighted by Gasteiger charge is -2.14. The number of para-hydroxylation sites is 1. The van der Waals surface area contributed by atoms with Gasteiger partial charge in [-0.05, 0) is 49.4 Å². The molecule has 2 aromatic heterocycles. The van der Waals surface area contributed by atoms with E-state index in [9.17, 15) is 19.7 Å². The first kappa shape index (κ1) is 25.8. The number of esters is 1. The fraction of sp³-hybridized carbons (Fsp3) is 0.111. The summed E-state index contributed by atoms with van der Waals surface area (Å²) in [7, 11) is 1.22. The number of carbonyl (C=O) groups is 1. The number of carbonyl (C=O) groups excluding carboxylic acids is 1. The highest BCUT2D eigenvalue weighted by atomic mass is 79.9. The summed E-state index contributed by atoms with van der Waals surface area (Å²) in [6.07, 6.45) is 0.228. The highest BCUT2D eigenvalue weighted by molar-refractivity contribution is 9.10. The number of ether oxygens (including phenoxy) is 2. The van der Waals surface area contributed by atoms with Gasteiger partial charge >= 0.3 is 5.97 Å². The smallest absolute Gasteiger partial charge is 0.346 e. The Morgan fingerprint density at radius 2 is 1.97 bits per heavy atom. The number of halogens is 1. The summed E-state index contributed by atoms with van der Waals surface area (Å²) in [5.41, 5.74) is 0.458. The van der Waals surface area contributed by atoms with Gasteiger partial charge in [-0.1, -0.05) is 28.1 Å². The van der Waals surface area contributed by atoms with Crippen molar-refractivity contribution in [1.29, 1.82) is 0 Å². The summed E-state index contributed by atoms with van der Waals surface area (Å²) in [6.45, 7) is 1.48. The number of fused-ring (bicyclic) bond motifs is 2. The zero-order valence-electron chi connectivity index (χ0n) is 20.5. The SMILES string of the molecule is COC(=O)[C@H](C)Oc1ccc([N+](=O)[O-])cc1C=Nn1c(-c2cc3cc(Br)ccc3o2)nc2ccccc2c1=O. The molecule has 196 valence electrons. The van der Waals surface area contributed by atoms with E-state index in [-0.39, 0.29) is 28.6 Å². The van der Waals surface area contributed by atoms with Gasteiger partial charge in [0.25, 0.3) is 11.2 Å². The second-order valence-electron chi connectivity index (χ2n) is 8.37. The molecule has 12 heteroatoms. The van der Waals surface area contributed by atoms with E-state index in [2.05, 4.69) is 26.0 Å². The predicted molar refractivity (Wildman–Crippen MR) is 147 cm³/mol. The van der Waals surface area contributed by atoms with Gasteiger partial charge in [-0.2, -0.15) is 9.78 Å². The molecule has 0 radical (unpaired) electrons. The quantitative estimate of drug-likeness (QED) is 0.108. The molecule has 0 spiro atoms. The highest BCUT2D eigenvalue weighted by Crippen LogP contribution is 2.30. The fourth-order valence-corrected chi connectivity index (χ4v) is 4.28. The van der Waals surface area contributed by atoms with Crippen molar-refractivity contribution in [3.8, 4) is 17.3 Å². The number of furan rings is 1. The zero-order valence-corrected chi connectivity index (χ0v) is 22.1. The first-order valence-electron chi connectivity index (χ1n) is 11.5. The maximum atomic E-state index is 13.5. The number of nitro groups is 1. The molecule has 0 bridgehead atoms. The van der Waals surface area contributed by atoms with E-state index in [1.54, 1.807) is 36.4 Å². The van der Waals surface area contributed by atoms with Crippen molar-refractivity contribution in [2.75, 3.05) is 7.11 Å². The maximum absolute atomic E-state index is 13.5. The average molecular weight is 591 g/mol. The summed E-state index contributed by atoms with van der Waals surface area (Å²) < 4.78 is 18.3. The van der Waals surface area contributed by atoms with Crippen molar-refractivity contribution in [1.82, 2.24) is 9.66 Å². The molecule has 0 aliphatic carbocycles. The van der Waals surface area contributed by atoms with Crippen molar-refractivity contribution in [3.63, 3.8) is 0 Å². The van der Waals surface area contributed by atoms with E-state index in [1.807, 2.05) is 12.1 Å². The first-order valence-corrected chi connectivity index (χ1v) is 12.3. The molecular weight excluding hydrogens is 572 g/mol. The molecule has 0 fully saturated rings. The topological polar surface area (TPSA) is 139 Å². The second-order valence-corrected chi connectivity index (χ2v) is 9.29.